The lowest BCUT2D eigenvalue weighted by Crippen LogP contribution is -2.18. The lowest BCUT2D eigenvalue weighted by molar-refractivity contribution is 0.133. The van der Waals surface area contributed by atoms with Gasteiger partial charge in [-0.25, -0.2) is 0 Å². The van der Waals surface area contributed by atoms with Crippen molar-refractivity contribution >= 4 is 0 Å². The van der Waals surface area contributed by atoms with E-state index in [1.807, 2.05) is 6.07 Å². The third kappa shape index (κ3) is 6.02. The third-order valence-corrected chi connectivity index (χ3v) is 6.05. The van der Waals surface area contributed by atoms with Crippen molar-refractivity contribution in [1.82, 2.24) is 0 Å². The summed E-state index contributed by atoms with van der Waals surface area (Å²) in [6, 6.07) is 6.32. The number of hydrogen-bond donors (Lipinski definition) is 2. The summed E-state index contributed by atoms with van der Waals surface area (Å²) in [5, 5.41) is 20.9. The Morgan fingerprint density at radius 1 is 1.04 bits per heavy atom. The fourth-order valence-corrected chi connectivity index (χ4v) is 4.24. The standard InChI is InChI=1S/C23H38O2/c1-4-5-6-10-15-23(2,3)19-13-14-21(22(25)17-19)18-11-8-7-9-12-20(24)16-18/h13-14,17-18,20,24-25H,4-12,15-16H2,1-3H3. The van der Waals surface area contributed by atoms with Crippen molar-refractivity contribution in [2.24, 2.45) is 0 Å². The lowest BCUT2D eigenvalue weighted by Gasteiger charge is -2.28. The van der Waals surface area contributed by atoms with E-state index in [-0.39, 0.29) is 17.4 Å². The lowest BCUT2D eigenvalue weighted by atomic mass is 9.78. The highest BCUT2D eigenvalue weighted by Crippen LogP contribution is 2.39. The number of phenolic OH excluding ortho intramolecular Hbond substituents is 1. The summed E-state index contributed by atoms with van der Waals surface area (Å²) in [5.41, 5.74) is 2.37. The van der Waals surface area contributed by atoms with Crippen molar-refractivity contribution in [3.05, 3.63) is 29.3 Å². The van der Waals surface area contributed by atoms with Gasteiger partial charge in [0.05, 0.1) is 6.10 Å². The zero-order chi connectivity index (χ0) is 18.3. The largest absolute Gasteiger partial charge is 0.508 e. The second-order valence-corrected chi connectivity index (χ2v) is 8.69. The SMILES string of the molecule is CCCCCCC(C)(C)c1ccc(C2CCCCCC(O)C2)c(O)c1. The van der Waals surface area contributed by atoms with Crippen LogP contribution in [0.1, 0.15) is 108 Å². The van der Waals surface area contributed by atoms with E-state index in [2.05, 4.69) is 32.9 Å². The van der Waals surface area contributed by atoms with Crippen LogP contribution < -0.4 is 0 Å². The second-order valence-electron chi connectivity index (χ2n) is 8.69. The van der Waals surface area contributed by atoms with Gasteiger partial charge in [-0.05, 0) is 54.2 Å². The molecule has 2 rings (SSSR count). The molecule has 2 heteroatoms. The molecule has 0 heterocycles. The molecular formula is C23H38O2. The summed E-state index contributed by atoms with van der Waals surface area (Å²) in [6.07, 6.45) is 12.3. The Hall–Kier alpha value is -1.02. The summed E-state index contributed by atoms with van der Waals surface area (Å²) in [5.74, 6) is 0.717. The maximum Gasteiger partial charge on any atom is 0.119 e. The van der Waals surface area contributed by atoms with Gasteiger partial charge in [-0.15, -0.1) is 0 Å². The van der Waals surface area contributed by atoms with E-state index in [0.717, 1.165) is 37.7 Å². The first-order valence-electron chi connectivity index (χ1n) is 10.5. The van der Waals surface area contributed by atoms with Gasteiger partial charge in [-0.3, -0.25) is 0 Å². The Morgan fingerprint density at radius 2 is 1.80 bits per heavy atom. The van der Waals surface area contributed by atoms with Crippen LogP contribution in [0.4, 0.5) is 0 Å². The molecule has 1 aromatic carbocycles. The van der Waals surface area contributed by atoms with Crippen LogP contribution in [0.5, 0.6) is 5.75 Å². The molecule has 0 radical (unpaired) electrons. The zero-order valence-corrected chi connectivity index (χ0v) is 16.6. The third-order valence-electron chi connectivity index (χ3n) is 6.05. The average molecular weight is 347 g/mol. The molecule has 2 N–H and O–H groups in total. The van der Waals surface area contributed by atoms with Crippen LogP contribution in [0, 0.1) is 0 Å². The van der Waals surface area contributed by atoms with Gasteiger partial charge in [0.2, 0.25) is 0 Å². The molecule has 25 heavy (non-hydrogen) atoms. The van der Waals surface area contributed by atoms with Gasteiger partial charge in [0.15, 0.2) is 0 Å². The predicted octanol–water partition coefficient (Wildman–Crippen LogP) is 6.44. The van der Waals surface area contributed by atoms with Crippen molar-refractivity contribution < 1.29 is 10.2 Å². The van der Waals surface area contributed by atoms with Crippen LogP contribution in [-0.4, -0.2) is 16.3 Å². The minimum Gasteiger partial charge on any atom is -0.508 e. The summed E-state index contributed by atoms with van der Waals surface area (Å²) < 4.78 is 0. The van der Waals surface area contributed by atoms with Gasteiger partial charge in [-0.1, -0.05) is 77.8 Å². The van der Waals surface area contributed by atoms with Crippen LogP contribution in [0.15, 0.2) is 18.2 Å². The van der Waals surface area contributed by atoms with Gasteiger partial charge < -0.3 is 10.2 Å². The zero-order valence-electron chi connectivity index (χ0n) is 16.6. The molecule has 142 valence electrons. The first-order chi connectivity index (χ1) is 11.9. The van der Waals surface area contributed by atoms with Gasteiger partial charge >= 0.3 is 0 Å². The highest BCUT2D eigenvalue weighted by molar-refractivity contribution is 5.41. The highest BCUT2D eigenvalue weighted by atomic mass is 16.3. The molecular weight excluding hydrogens is 308 g/mol. The molecule has 1 aromatic rings. The first kappa shape index (κ1) is 20.3. The van der Waals surface area contributed by atoms with E-state index in [1.54, 1.807) is 0 Å². The molecule has 2 unspecified atom stereocenters. The normalized spacial score (nSPS) is 22.4. The van der Waals surface area contributed by atoms with E-state index in [4.69, 9.17) is 0 Å². The topological polar surface area (TPSA) is 40.5 Å². The van der Waals surface area contributed by atoms with Gasteiger partial charge in [-0.2, -0.15) is 0 Å². The summed E-state index contributed by atoms with van der Waals surface area (Å²) in [4.78, 5) is 0. The molecule has 2 nitrogen and oxygen atoms in total. The van der Waals surface area contributed by atoms with Crippen molar-refractivity contribution in [2.45, 2.75) is 109 Å². The van der Waals surface area contributed by atoms with Crippen LogP contribution in [0.2, 0.25) is 0 Å². The van der Waals surface area contributed by atoms with E-state index >= 15 is 0 Å². The molecule has 0 bridgehead atoms. The van der Waals surface area contributed by atoms with E-state index in [0.29, 0.717) is 5.75 Å². The van der Waals surface area contributed by atoms with Crippen molar-refractivity contribution in [3.63, 3.8) is 0 Å². The number of aromatic hydroxyl groups is 1. The first-order valence-corrected chi connectivity index (χ1v) is 10.5. The number of rotatable bonds is 7. The number of unbranched alkanes of at least 4 members (excludes halogenated alkanes) is 3. The minimum atomic E-state index is -0.223. The van der Waals surface area contributed by atoms with Crippen LogP contribution in [0.25, 0.3) is 0 Å². The van der Waals surface area contributed by atoms with Gasteiger partial charge in [0, 0.05) is 0 Å². The minimum absolute atomic E-state index is 0.101. The summed E-state index contributed by atoms with van der Waals surface area (Å²) in [6.45, 7) is 6.81. The fraction of sp³-hybridized carbons (Fsp3) is 0.739. The van der Waals surface area contributed by atoms with E-state index in [9.17, 15) is 10.2 Å². The molecule has 0 spiro atoms. The number of hydrogen-bond acceptors (Lipinski definition) is 2. The van der Waals surface area contributed by atoms with E-state index < -0.39 is 0 Å². The molecule has 0 saturated heterocycles. The Kier molecular flexibility index (Phi) is 7.81. The summed E-state index contributed by atoms with van der Waals surface area (Å²) in [7, 11) is 0. The number of aliphatic hydroxyl groups excluding tert-OH is 1. The molecule has 2 atom stereocenters. The quantitative estimate of drug-likeness (QED) is 0.558. The number of benzene rings is 1. The second kappa shape index (κ2) is 9.62. The maximum atomic E-state index is 10.7. The van der Waals surface area contributed by atoms with Crippen LogP contribution >= 0.6 is 0 Å². The maximum absolute atomic E-state index is 10.7. The molecule has 1 saturated carbocycles. The van der Waals surface area contributed by atoms with Crippen LogP contribution in [0.3, 0.4) is 0 Å². The fourth-order valence-electron chi connectivity index (χ4n) is 4.24. The Morgan fingerprint density at radius 3 is 2.52 bits per heavy atom. The molecule has 0 amide bonds. The molecule has 0 aromatic heterocycles. The highest BCUT2D eigenvalue weighted by Gasteiger charge is 2.24. The average Bonchev–Trinajstić information content (AvgIpc) is 2.55. The van der Waals surface area contributed by atoms with Gasteiger partial charge in [0.25, 0.3) is 0 Å². The number of phenols is 1. The Balaban J connectivity index is 2.08. The molecule has 1 aliphatic rings. The van der Waals surface area contributed by atoms with E-state index in [1.165, 1.54) is 44.1 Å². The van der Waals surface area contributed by atoms with Crippen LogP contribution in [-0.2, 0) is 5.41 Å². The number of aliphatic hydroxyl groups is 1. The van der Waals surface area contributed by atoms with Crippen molar-refractivity contribution in [2.75, 3.05) is 0 Å². The van der Waals surface area contributed by atoms with Crippen molar-refractivity contribution in [3.8, 4) is 5.75 Å². The van der Waals surface area contributed by atoms with Crippen molar-refractivity contribution in [1.29, 1.82) is 0 Å². The van der Waals surface area contributed by atoms with Gasteiger partial charge in [0.1, 0.15) is 5.75 Å². The Bertz CT molecular complexity index is 521. The molecule has 0 aliphatic heterocycles. The monoisotopic (exact) mass is 346 g/mol. The molecule has 1 fully saturated rings. The predicted molar refractivity (Wildman–Crippen MR) is 106 cm³/mol. The Labute approximate surface area is 154 Å². The smallest absolute Gasteiger partial charge is 0.119 e. The molecule has 1 aliphatic carbocycles. The summed E-state index contributed by atoms with van der Waals surface area (Å²) >= 11 is 0.